The van der Waals surface area contributed by atoms with Gasteiger partial charge in [-0.15, -0.1) is 0 Å². The molecule has 0 heterocycles. The summed E-state index contributed by atoms with van der Waals surface area (Å²) in [6.45, 7) is 2.68. The molecular formula is C13H15BrO2. The number of ether oxygens (including phenoxy) is 1. The third-order valence-corrected chi connectivity index (χ3v) is 3.32. The Bertz CT molecular complexity index is 397. The summed E-state index contributed by atoms with van der Waals surface area (Å²) in [5.74, 6) is 1.59. The third-order valence-electron chi connectivity index (χ3n) is 2.86. The minimum atomic E-state index is 0.627. The number of hydrogen-bond donors (Lipinski definition) is 0. The van der Waals surface area contributed by atoms with Gasteiger partial charge in [-0.1, -0.05) is 28.8 Å². The second-order valence-corrected chi connectivity index (χ2v) is 5.26. The minimum absolute atomic E-state index is 0.627. The normalized spacial score (nSPS) is 14.9. The first kappa shape index (κ1) is 11.6. The van der Waals surface area contributed by atoms with Crippen molar-refractivity contribution in [2.45, 2.75) is 26.2 Å². The van der Waals surface area contributed by atoms with Crippen LogP contribution in [0.4, 0.5) is 0 Å². The highest BCUT2D eigenvalue weighted by molar-refractivity contribution is 9.10. The lowest BCUT2D eigenvalue weighted by atomic mass is 10.1. The van der Waals surface area contributed by atoms with Crippen molar-refractivity contribution in [3.63, 3.8) is 0 Å². The summed E-state index contributed by atoms with van der Waals surface area (Å²) in [6.07, 6.45) is 4.63. The summed E-state index contributed by atoms with van der Waals surface area (Å²) in [4.78, 5) is 10.9. The lowest BCUT2D eigenvalue weighted by molar-refractivity contribution is 0.111. The zero-order chi connectivity index (χ0) is 11.5. The van der Waals surface area contributed by atoms with E-state index in [1.165, 1.54) is 12.8 Å². The van der Waals surface area contributed by atoms with E-state index in [0.717, 1.165) is 34.4 Å². The number of halogens is 1. The molecule has 0 amide bonds. The first-order chi connectivity index (χ1) is 7.70. The number of carbonyl (C=O) groups excluding carboxylic acids is 1. The first-order valence-corrected chi connectivity index (χ1v) is 6.38. The molecule has 16 heavy (non-hydrogen) atoms. The van der Waals surface area contributed by atoms with E-state index in [-0.39, 0.29) is 0 Å². The fraction of sp³-hybridized carbons (Fsp3) is 0.462. The molecule has 2 nitrogen and oxygen atoms in total. The van der Waals surface area contributed by atoms with Crippen LogP contribution in [0.2, 0.25) is 0 Å². The van der Waals surface area contributed by atoms with Gasteiger partial charge in [0.15, 0.2) is 6.29 Å². The van der Waals surface area contributed by atoms with Crippen LogP contribution < -0.4 is 4.74 Å². The Kier molecular flexibility index (Phi) is 3.64. The largest absolute Gasteiger partial charge is 0.493 e. The van der Waals surface area contributed by atoms with Crippen molar-refractivity contribution >= 4 is 22.2 Å². The van der Waals surface area contributed by atoms with Crippen molar-refractivity contribution in [1.29, 1.82) is 0 Å². The topological polar surface area (TPSA) is 26.3 Å². The average molecular weight is 283 g/mol. The number of aldehydes is 1. The van der Waals surface area contributed by atoms with Crippen LogP contribution >= 0.6 is 15.9 Å². The van der Waals surface area contributed by atoms with Crippen molar-refractivity contribution in [1.82, 2.24) is 0 Å². The van der Waals surface area contributed by atoms with Crippen LogP contribution in [0.25, 0.3) is 0 Å². The fourth-order valence-corrected chi connectivity index (χ4v) is 2.36. The van der Waals surface area contributed by atoms with E-state index in [9.17, 15) is 4.79 Å². The van der Waals surface area contributed by atoms with Gasteiger partial charge in [0.05, 0.1) is 12.2 Å². The number of carbonyl (C=O) groups is 1. The zero-order valence-electron chi connectivity index (χ0n) is 9.33. The molecule has 0 N–H and O–H groups in total. The molecule has 0 unspecified atom stereocenters. The van der Waals surface area contributed by atoms with Gasteiger partial charge >= 0.3 is 0 Å². The highest BCUT2D eigenvalue weighted by atomic mass is 79.9. The summed E-state index contributed by atoms with van der Waals surface area (Å²) in [5.41, 5.74) is 1.63. The molecule has 0 aromatic heterocycles. The lowest BCUT2D eigenvalue weighted by Crippen LogP contribution is -2.02. The summed E-state index contributed by atoms with van der Waals surface area (Å²) >= 11 is 3.37. The number of hydrogen-bond acceptors (Lipinski definition) is 2. The lowest BCUT2D eigenvalue weighted by Gasteiger charge is -2.11. The summed E-state index contributed by atoms with van der Waals surface area (Å²) < 4.78 is 6.63. The van der Waals surface area contributed by atoms with Crippen molar-refractivity contribution in [2.24, 2.45) is 5.92 Å². The Hall–Kier alpha value is -0.830. The van der Waals surface area contributed by atoms with E-state index in [0.29, 0.717) is 12.2 Å². The van der Waals surface area contributed by atoms with Crippen LogP contribution in [0.5, 0.6) is 5.75 Å². The van der Waals surface area contributed by atoms with Gasteiger partial charge in [-0.05, 0) is 37.0 Å². The molecule has 1 aromatic carbocycles. The molecule has 0 bridgehead atoms. The Labute approximate surface area is 104 Å². The molecular weight excluding hydrogens is 268 g/mol. The highest BCUT2D eigenvalue weighted by Crippen LogP contribution is 2.33. The van der Waals surface area contributed by atoms with Gasteiger partial charge in [0, 0.05) is 4.47 Å². The fourth-order valence-electron chi connectivity index (χ4n) is 1.77. The van der Waals surface area contributed by atoms with Crippen LogP contribution in [0.1, 0.15) is 35.2 Å². The quantitative estimate of drug-likeness (QED) is 0.769. The smallest absolute Gasteiger partial charge is 0.153 e. The average Bonchev–Trinajstić information content (AvgIpc) is 3.04. The third kappa shape index (κ3) is 2.85. The SMILES string of the molecule is Cc1cc(Br)cc(C=O)c1OCCC1CC1. The minimum Gasteiger partial charge on any atom is -0.493 e. The molecule has 0 radical (unpaired) electrons. The van der Waals surface area contributed by atoms with E-state index < -0.39 is 0 Å². The van der Waals surface area contributed by atoms with Gasteiger partial charge in [-0.2, -0.15) is 0 Å². The van der Waals surface area contributed by atoms with Crippen LogP contribution in [0.15, 0.2) is 16.6 Å². The molecule has 1 aliphatic rings. The van der Waals surface area contributed by atoms with Crippen molar-refractivity contribution in [3.05, 3.63) is 27.7 Å². The molecule has 0 atom stereocenters. The summed E-state index contributed by atoms with van der Waals surface area (Å²) in [5, 5.41) is 0. The van der Waals surface area contributed by atoms with Gasteiger partial charge in [0.2, 0.25) is 0 Å². The molecule has 1 aliphatic carbocycles. The van der Waals surface area contributed by atoms with E-state index in [1.54, 1.807) is 6.07 Å². The van der Waals surface area contributed by atoms with Crippen LogP contribution in [-0.2, 0) is 0 Å². The Morgan fingerprint density at radius 2 is 2.25 bits per heavy atom. The summed E-state index contributed by atoms with van der Waals surface area (Å²) in [7, 11) is 0. The van der Waals surface area contributed by atoms with Crippen LogP contribution in [0, 0.1) is 12.8 Å². The van der Waals surface area contributed by atoms with Gasteiger partial charge in [0.25, 0.3) is 0 Å². The number of benzene rings is 1. The Morgan fingerprint density at radius 3 is 2.88 bits per heavy atom. The summed E-state index contributed by atoms with van der Waals surface area (Å²) in [6, 6.07) is 3.77. The maximum Gasteiger partial charge on any atom is 0.153 e. The molecule has 1 aromatic rings. The molecule has 1 saturated carbocycles. The first-order valence-electron chi connectivity index (χ1n) is 5.59. The van der Waals surface area contributed by atoms with Gasteiger partial charge in [-0.3, -0.25) is 4.79 Å². The van der Waals surface area contributed by atoms with E-state index in [1.807, 2.05) is 13.0 Å². The highest BCUT2D eigenvalue weighted by Gasteiger charge is 2.21. The molecule has 86 valence electrons. The van der Waals surface area contributed by atoms with Gasteiger partial charge in [-0.25, -0.2) is 0 Å². The Morgan fingerprint density at radius 1 is 1.50 bits per heavy atom. The van der Waals surface area contributed by atoms with Gasteiger partial charge in [0.1, 0.15) is 5.75 Å². The van der Waals surface area contributed by atoms with Crippen LogP contribution in [0.3, 0.4) is 0 Å². The molecule has 0 spiro atoms. The van der Waals surface area contributed by atoms with Gasteiger partial charge < -0.3 is 4.74 Å². The standard InChI is InChI=1S/C13H15BrO2/c1-9-6-12(14)7-11(8-15)13(9)16-5-4-10-2-3-10/h6-8,10H,2-5H2,1H3. The van der Waals surface area contributed by atoms with Crippen molar-refractivity contribution in [3.8, 4) is 5.75 Å². The predicted molar refractivity (Wildman–Crippen MR) is 67.1 cm³/mol. The monoisotopic (exact) mass is 282 g/mol. The molecule has 1 fully saturated rings. The number of rotatable bonds is 5. The second kappa shape index (κ2) is 5.00. The molecule has 3 heteroatoms. The maximum atomic E-state index is 10.9. The predicted octanol–water partition coefficient (Wildman–Crippen LogP) is 3.75. The maximum absolute atomic E-state index is 10.9. The molecule has 0 aliphatic heterocycles. The molecule has 2 rings (SSSR count). The Balaban J connectivity index is 2.07. The van der Waals surface area contributed by atoms with E-state index in [4.69, 9.17) is 4.74 Å². The number of aryl methyl sites for hydroxylation is 1. The molecule has 0 saturated heterocycles. The van der Waals surface area contributed by atoms with Crippen LogP contribution in [-0.4, -0.2) is 12.9 Å². The van der Waals surface area contributed by atoms with Crippen molar-refractivity contribution < 1.29 is 9.53 Å². The van der Waals surface area contributed by atoms with Crippen molar-refractivity contribution in [2.75, 3.05) is 6.61 Å². The second-order valence-electron chi connectivity index (χ2n) is 4.34. The zero-order valence-corrected chi connectivity index (χ0v) is 10.9. The van der Waals surface area contributed by atoms with E-state index in [2.05, 4.69) is 15.9 Å². The van der Waals surface area contributed by atoms with E-state index >= 15 is 0 Å².